The Bertz CT molecular complexity index is 442. The highest BCUT2D eigenvalue weighted by atomic mass is 16.5. The fourth-order valence-corrected chi connectivity index (χ4v) is 3.08. The van der Waals surface area contributed by atoms with E-state index in [1.165, 1.54) is 32.1 Å². The van der Waals surface area contributed by atoms with Gasteiger partial charge in [-0.3, -0.25) is 0 Å². The van der Waals surface area contributed by atoms with Crippen molar-refractivity contribution in [1.82, 2.24) is 5.32 Å². The van der Waals surface area contributed by atoms with Crippen molar-refractivity contribution in [3.63, 3.8) is 0 Å². The van der Waals surface area contributed by atoms with E-state index in [0.717, 1.165) is 5.56 Å². The molecule has 1 aliphatic carbocycles. The minimum Gasteiger partial charge on any atom is -0.493 e. The minimum absolute atomic E-state index is 0.0760. The Morgan fingerprint density at radius 1 is 1.10 bits per heavy atom. The van der Waals surface area contributed by atoms with Gasteiger partial charge in [0.05, 0.1) is 26.4 Å². The molecule has 0 bridgehead atoms. The van der Waals surface area contributed by atoms with E-state index in [9.17, 15) is 5.11 Å². The Kier molecular flexibility index (Phi) is 5.88. The van der Waals surface area contributed by atoms with Crippen LogP contribution in [-0.4, -0.2) is 31.5 Å². The highest BCUT2D eigenvalue weighted by molar-refractivity contribution is 5.44. The maximum atomic E-state index is 10.2. The molecule has 1 aromatic carbocycles. The molecule has 0 radical (unpaired) electrons. The van der Waals surface area contributed by atoms with Crippen molar-refractivity contribution in [2.24, 2.45) is 0 Å². The van der Waals surface area contributed by atoms with Crippen molar-refractivity contribution >= 4 is 0 Å². The molecule has 2 rings (SSSR count). The summed E-state index contributed by atoms with van der Waals surface area (Å²) in [5.74, 6) is 1.41. The summed E-state index contributed by atoms with van der Waals surface area (Å²) in [7, 11) is 3.26. The molecule has 4 nitrogen and oxygen atoms in total. The SMILES string of the molecule is COc1ccc(C(NC2CCCCC2)C(C)O)cc1OC. The van der Waals surface area contributed by atoms with Crippen LogP contribution in [0.4, 0.5) is 0 Å². The zero-order valence-corrected chi connectivity index (χ0v) is 13.3. The molecule has 0 aromatic heterocycles. The monoisotopic (exact) mass is 293 g/mol. The fourth-order valence-electron chi connectivity index (χ4n) is 3.08. The first kappa shape index (κ1) is 16.1. The number of ether oxygens (including phenoxy) is 2. The number of rotatable bonds is 6. The van der Waals surface area contributed by atoms with Gasteiger partial charge in [-0.05, 0) is 37.5 Å². The summed E-state index contributed by atoms with van der Waals surface area (Å²) < 4.78 is 10.6. The molecule has 0 spiro atoms. The normalized spacial score (nSPS) is 19.0. The quantitative estimate of drug-likeness (QED) is 0.846. The molecule has 21 heavy (non-hydrogen) atoms. The van der Waals surface area contributed by atoms with Gasteiger partial charge in [0.2, 0.25) is 0 Å². The van der Waals surface area contributed by atoms with Crippen LogP contribution in [0, 0.1) is 0 Å². The predicted octanol–water partition coefficient (Wildman–Crippen LogP) is 3.05. The van der Waals surface area contributed by atoms with Crippen LogP contribution in [0.1, 0.15) is 50.6 Å². The summed E-state index contributed by atoms with van der Waals surface area (Å²) in [4.78, 5) is 0. The molecule has 2 atom stereocenters. The highest BCUT2D eigenvalue weighted by Gasteiger charge is 2.23. The first-order chi connectivity index (χ1) is 10.2. The molecule has 0 aliphatic heterocycles. The Morgan fingerprint density at radius 3 is 2.33 bits per heavy atom. The third-order valence-corrected chi connectivity index (χ3v) is 4.27. The zero-order valence-electron chi connectivity index (χ0n) is 13.3. The third kappa shape index (κ3) is 4.11. The molecule has 1 aliphatic rings. The Balaban J connectivity index is 2.17. The van der Waals surface area contributed by atoms with Crippen LogP contribution in [0.2, 0.25) is 0 Å². The first-order valence-electron chi connectivity index (χ1n) is 7.81. The summed E-state index contributed by atoms with van der Waals surface area (Å²) >= 11 is 0. The summed E-state index contributed by atoms with van der Waals surface area (Å²) in [6.45, 7) is 1.83. The molecule has 118 valence electrons. The van der Waals surface area contributed by atoms with Crippen LogP contribution in [0.25, 0.3) is 0 Å². The van der Waals surface area contributed by atoms with Crippen LogP contribution in [-0.2, 0) is 0 Å². The van der Waals surface area contributed by atoms with E-state index < -0.39 is 6.10 Å². The van der Waals surface area contributed by atoms with E-state index in [1.807, 2.05) is 25.1 Å². The number of hydrogen-bond acceptors (Lipinski definition) is 4. The van der Waals surface area contributed by atoms with Crippen LogP contribution in [0.15, 0.2) is 18.2 Å². The molecule has 0 saturated heterocycles. The van der Waals surface area contributed by atoms with Crippen molar-refractivity contribution in [2.75, 3.05) is 14.2 Å². The van der Waals surface area contributed by atoms with E-state index >= 15 is 0 Å². The van der Waals surface area contributed by atoms with Gasteiger partial charge in [-0.25, -0.2) is 0 Å². The van der Waals surface area contributed by atoms with Gasteiger partial charge in [0, 0.05) is 6.04 Å². The molecule has 1 fully saturated rings. The lowest BCUT2D eigenvalue weighted by atomic mass is 9.93. The Morgan fingerprint density at radius 2 is 1.76 bits per heavy atom. The zero-order chi connectivity index (χ0) is 15.2. The van der Waals surface area contributed by atoms with Gasteiger partial charge in [0.15, 0.2) is 11.5 Å². The number of aliphatic hydroxyl groups excluding tert-OH is 1. The fraction of sp³-hybridized carbons (Fsp3) is 0.647. The predicted molar refractivity (Wildman–Crippen MR) is 84.0 cm³/mol. The van der Waals surface area contributed by atoms with Crippen LogP contribution >= 0.6 is 0 Å². The molecule has 2 N–H and O–H groups in total. The lowest BCUT2D eigenvalue weighted by Crippen LogP contribution is -2.39. The molecule has 1 saturated carbocycles. The van der Waals surface area contributed by atoms with Gasteiger partial charge in [-0.2, -0.15) is 0 Å². The Hall–Kier alpha value is -1.26. The van der Waals surface area contributed by atoms with Crippen molar-refractivity contribution in [2.45, 2.75) is 57.2 Å². The number of aliphatic hydroxyl groups is 1. The molecule has 2 unspecified atom stereocenters. The molecule has 4 heteroatoms. The standard InChI is InChI=1S/C17H27NO3/c1-12(19)17(18-14-7-5-4-6-8-14)13-9-10-15(20-2)16(11-13)21-3/h9-12,14,17-19H,4-8H2,1-3H3. The lowest BCUT2D eigenvalue weighted by Gasteiger charge is -2.30. The van der Waals surface area contributed by atoms with E-state index in [4.69, 9.17) is 9.47 Å². The number of hydrogen-bond donors (Lipinski definition) is 2. The van der Waals surface area contributed by atoms with E-state index in [2.05, 4.69) is 5.32 Å². The van der Waals surface area contributed by atoms with Crippen molar-refractivity contribution in [3.8, 4) is 11.5 Å². The molecule has 0 heterocycles. The molecule has 1 aromatic rings. The largest absolute Gasteiger partial charge is 0.493 e. The average Bonchev–Trinajstić information content (AvgIpc) is 2.52. The molecular weight excluding hydrogens is 266 g/mol. The maximum absolute atomic E-state index is 10.2. The van der Waals surface area contributed by atoms with Crippen LogP contribution in [0.5, 0.6) is 11.5 Å². The first-order valence-corrected chi connectivity index (χ1v) is 7.81. The second kappa shape index (κ2) is 7.66. The van der Waals surface area contributed by atoms with Gasteiger partial charge in [-0.1, -0.05) is 25.3 Å². The van der Waals surface area contributed by atoms with Gasteiger partial charge in [0.25, 0.3) is 0 Å². The van der Waals surface area contributed by atoms with E-state index in [1.54, 1.807) is 14.2 Å². The third-order valence-electron chi connectivity index (χ3n) is 4.27. The summed E-state index contributed by atoms with van der Waals surface area (Å²) in [6, 6.07) is 6.26. The van der Waals surface area contributed by atoms with Crippen LogP contribution < -0.4 is 14.8 Å². The summed E-state index contributed by atoms with van der Waals surface area (Å²) in [6.07, 6.45) is 5.80. The topological polar surface area (TPSA) is 50.7 Å². The average molecular weight is 293 g/mol. The van der Waals surface area contributed by atoms with Gasteiger partial charge in [0.1, 0.15) is 0 Å². The van der Waals surface area contributed by atoms with Gasteiger partial charge >= 0.3 is 0 Å². The summed E-state index contributed by atoms with van der Waals surface area (Å²) in [5, 5.41) is 13.8. The molecular formula is C17H27NO3. The minimum atomic E-state index is -0.454. The number of methoxy groups -OCH3 is 2. The van der Waals surface area contributed by atoms with E-state index in [-0.39, 0.29) is 6.04 Å². The lowest BCUT2D eigenvalue weighted by molar-refractivity contribution is 0.132. The second-order valence-corrected chi connectivity index (χ2v) is 5.83. The smallest absolute Gasteiger partial charge is 0.161 e. The van der Waals surface area contributed by atoms with E-state index in [0.29, 0.717) is 17.5 Å². The van der Waals surface area contributed by atoms with Crippen molar-refractivity contribution < 1.29 is 14.6 Å². The van der Waals surface area contributed by atoms with Crippen molar-refractivity contribution in [3.05, 3.63) is 23.8 Å². The van der Waals surface area contributed by atoms with Gasteiger partial charge < -0.3 is 19.9 Å². The van der Waals surface area contributed by atoms with Gasteiger partial charge in [-0.15, -0.1) is 0 Å². The summed E-state index contributed by atoms with van der Waals surface area (Å²) in [5.41, 5.74) is 1.04. The second-order valence-electron chi connectivity index (χ2n) is 5.83. The Labute approximate surface area is 127 Å². The maximum Gasteiger partial charge on any atom is 0.161 e. The number of benzene rings is 1. The highest BCUT2D eigenvalue weighted by Crippen LogP contribution is 2.32. The van der Waals surface area contributed by atoms with Crippen LogP contribution in [0.3, 0.4) is 0 Å². The number of nitrogens with one attached hydrogen (secondary N) is 1. The van der Waals surface area contributed by atoms with Crippen molar-refractivity contribution in [1.29, 1.82) is 0 Å². The molecule has 0 amide bonds.